The van der Waals surface area contributed by atoms with Crippen molar-refractivity contribution in [3.63, 3.8) is 0 Å². The Labute approximate surface area is 120 Å². The number of amides is 2. The number of urea groups is 1. The second-order valence-electron chi connectivity index (χ2n) is 5.36. The van der Waals surface area contributed by atoms with E-state index < -0.39 is 11.5 Å². The molecular weight excluding hydrogens is 256 g/mol. The average Bonchev–Trinajstić information content (AvgIpc) is 2.65. The number of hydrogen-bond donors (Lipinski definition) is 2. The Kier molecular flexibility index (Phi) is 6.37. The lowest BCUT2D eigenvalue weighted by Crippen LogP contribution is -2.57. The summed E-state index contributed by atoms with van der Waals surface area (Å²) in [6.07, 6.45) is 10.7. The molecule has 0 aromatic heterocycles. The minimum absolute atomic E-state index is 0.204. The van der Waals surface area contributed by atoms with E-state index in [-0.39, 0.29) is 12.6 Å². The number of rotatable bonds is 5. The van der Waals surface area contributed by atoms with Crippen molar-refractivity contribution in [3.05, 3.63) is 0 Å². The topological polar surface area (TPSA) is 69.6 Å². The molecule has 0 saturated heterocycles. The van der Waals surface area contributed by atoms with E-state index >= 15 is 0 Å². The first-order chi connectivity index (χ1) is 9.55. The van der Waals surface area contributed by atoms with E-state index in [0.717, 1.165) is 32.1 Å². The van der Waals surface area contributed by atoms with E-state index in [2.05, 4.69) is 11.2 Å². The summed E-state index contributed by atoms with van der Waals surface area (Å²) in [5, 5.41) is 12.3. The fourth-order valence-electron chi connectivity index (χ4n) is 2.64. The van der Waals surface area contributed by atoms with E-state index in [1.165, 1.54) is 4.90 Å². The molecule has 0 heterocycles. The van der Waals surface area contributed by atoms with Crippen LogP contribution in [0.5, 0.6) is 0 Å². The number of aliphatic carboxylic acids is 1. The number of hydrogen-bond acceptors (Lipinski definition) is 2. The summed E-state index contributed by atoms with van der Waals surface area (Å²) in [5.41, 5.74) is -1.13. The lowest BCUT2D eigenvalue weighted by atomic mass is 9.90. The molecule has 112 valence electrons. The fourth-order valence-corrected chi connectivity index (χ4v) is 2.64. The molecule has 0 unspecified atom stereocenters. The number of carboxylic acid groups (broad SMARTS) is 1. The first kappa shape index (κ1) is 16.4. The van der Waals surface area contributed by atoms with Crippen LogP contribution in [-0.2, 0) is 4.79 Å². The molecule has 0 atom stereocenters. The lowest BCUT2D eigenvalue weighted by Gasteiger charge is -2.32. The third-order valence-corrected chi connectivity index (χ3v) is 3.78. The number of nitrogens with one attached hydrogen (secondary N) is 1. The highest BCUT2D eigenvalue weighted by molar-refractivity contribution is 5.86. The van der Waals surface area contributed by atoms with Crippen molar-refractivity contribution in [1.82, 2.24) is 10.2 Å². The predicted octanol–water partition coefficient (Wildman–Crippen LogP) is 2.22. The van der Waals surface area contributed by atoms with Gasteiger partial charge in [-0.1, -0.05) is 38.5 Å². The number of carbonyl (C=O) groups is 2. The molecule has 20 heavy (non-hydrogen) atoms. The van der Waals surface area contributed by atoms with Gasteiger partial charge in [-0.2, -0.15) is 0 Å². The van der Waals surface area contributed by atoms with E-state index in [1.807, 2.05) is 6.92 Å². The van der Waals surface area contributed by atoms with Crippen molar-refractivity contribution in [2.45, 2.75) is 57.4 Å². The van der Waals surface area contributed by atoms with Crippen LogP contribution in [-0.4, -0.2) is 40.6 Å². The Bertz CT molecular complexity index is 379. The number of carbonyl (C=O) groups excluding carboxylic acids is 1. The van der Waals surface area contributed by atoms with Gasteiger partial charge < -0.3 is 15.3 Å². The smallest absolute Gasteiger partial charge is 0.329 e. The van der Waals surface area contributed by atoms with Crippen molar-refractivity contribution in [1.29, 1.82) is 0 Å². The van der Waals surface area contributed by atoms with Crippen molar-refractivity contribution < 1.29 is 14.7 Å². The summed E-state index contributed by atoms with van der Waals surface area (Å²) in [5.74, 6) is 1.50. The van der Waals surface area contributed by atoms with Crippen LogP contribution < -0.4 is 5.32 Å². The first-order valence-corrected chi connectivity index (χ1v) is 7.29. The summed E-state index contributed by atoms with van der Waals surface area (Å²) >= 11 is 0. The summed E-state index contributed by atoms with van der Waals surface area (Å²) in [7, 11) is 0. The molecule has 0 aromatic carbocycles. The minimum Gasteiger partial charge on any atom is -0.480 e. The second-order valence-corrected chi connectivity index (χ2v) is 5.36. The number of terminal acetylenes is 1. The van der Waals surface area contributed by atoms with Gasteiger partial charge in [0.25, 0.3) is 0 Å². The Morgan fingerprint density at radius 2 is 1.90 bits per heavy atom. The Morgan fingerprint density at radius 3 is 2.35 bits per heavy atom. The minimum atomic E-state index is -1.13. The zero-order valence-electron chi connectivity index (χ0n) is 12.2. The molecule has 5 nitrogen and oxygen atoms in total. The predicted molar refractivity (Wildman–Crippen MR) is 77.3 cm³/mol. The molecule has 1 rings (SSSR count). The average molecular weight is 280 g/mol. The Hall–Kier alpha value is -1.70. The highest BCUT2D eigenvalue weighted by atomic mass is 16.4. The van der Waals surface area contributed by atoms with E-state index in [9.17, 15) is 14.7 Å². The summed E-state index contributed by atoms with van der Waals surface area (Å²) < 4.78 is 0. The molecular formula is C15H24N2O3. The van der Waals surface area contributed by atoms with Crippen molar-refractivity contribution in [2.24, 2.45) is 0 Å². The van der Waals surface area contributed by atoms with Gasteiger partial charge in [0.05, 0.1) is 6.54 Å². The van der Waals surface area contributed by atoms with Crippen molar-refractivity contribution in [3.8, 4) is 12.3 Å². The molecule has 1 saturated carbocycles. The van der Waals surface area contributed by atoms with Gasteiger partial charge >= 0.3 is 12.0 Å². The monoisotopic (exact) mass is 280 g/mol. The Morgan fingerprint density at radius 1 is 1.30 bits per heavy atom. The van der Waals surface area contributed by atoms with Crippen LogP contribution in [0.25, 0.3) is 0 Å². The van der Waals surface area contributed by atoms with Gasteiger partial charge in [0, 0.05) is 6.54 Å². The van der Waals surface area contributed by atoms with Gasteiger partial charge in [0.2, 0.25) is 0 Å². The van der Waals surface area contributed by atoms with Gasteiger partial charge in [-0.05, 0) is 19.3 Å². The summed E-state index contributed by atoms with van der Waals surface area (Å²) in [4.78, 5) is 25.4. The van der Waals surface area contributed by atoms with E-state index in [4.69, 9.17) is 6.42 Å². The highest BCUT2D eigenvalue weighted by Gasteiger charge is 2.40. The van der Waals surface area contributed by atoms with E-state index in [0.29, 0.717) is 19.4 Å². The van der Waals surface area contributed by atoms with Gasteiger partial charge in [0.1, 0.15) is 5.54 Å². The normalized spacial score (nSPS) is 17.6. The fraction of sp³-hybridized carbons (Fsp3) is 0.733. The van der Waals surface area contributed by atoms with Crippen molar-refractivity contribution in [2.75, 3.05) is 13.1 Å². The molecule has 0 spiro atoms. The molecule has 0 bridgehead atoms. The van der Waals surface area contributed by atoms with Crippen LogP contribution in [0.3, 0.4) is 0 Å². The molecule has 1 fully saturated rings. The maximum absolute atomic E-state index is 12.3. The van der Waals surface area contributed by atoms with Crippen LogP contribution in [0.15, 0.2) is 0 Å². The summed E-state index contributed by atoms with van der Waals surface area (Å²) in [6.45, 7) is 2.69. The molecule has 1 aliphatic rings. The molecule has 0 aliphatic heterocycles. The van der Waals surface area contributed by atoms with Crippen LogP contribution in [0.2, 0.25) is 0 Å². The highest BCUT2D eigenvalue weighted by Crippen LogP contribution is 2.27. The molecule has 0 radical (unpaired) electrons. The number of nitrogens with zero attached hydrogens (tertiary/aromatic N) is 1. The van der Waals surface area contributed by atoms with Gasteiger partial charge in [-0.3, -0.25) is 0 Å². The largest absolute Gasteiger partial charge is 0.480 e. The van der Waals surface area contributed by atoms with Gasteiger partial charge in [-0.15, -0.1) is 6.42 Å². The maximum atomic E-state index is 12.3. The van der Waals surface area contributed by atoms with Crippen LogP contribution in [0.1, 0.15) is 51.9 Å². The van der Waals surface area contributed by atoms with Gasteiger partial charge in [-0.25, -0.2) is 9.59 Å². The van der Waals surface area contributed by atoms with Crippen LogP contribution >= 0.6 is 0 Å². The van der Waals surface area contributed by atoms with E-state index in [1.54, 1.807) is 0 Å². The molecule has 1 aliphatic carbocycles. The summed E-state index contributed by atoms with van der Waals surface area (Å²) in [6, 6.07) is -0.367. The SMILES string of the molecule is C#CCN(CCC)C(=O)NC1(C(=O)O)CCCCCC1. The maximum Gasteiger partial charge on any atom is 0.329 e. The first-order valence-electron chi connectivity index (χ1n) is 7.29. The lowest BCUT2D eigenvalue weighted by molar-refractivity contribution is -0.145. The quantitative estimate of drug-likeness (QED) is 0.599. The third kappa shape index (κ3) is 4.16. The molecule has 5 heteroatoms. The molecule has 2 amide bonds. The van der Waals surface area contributed by atoms with Crippen LogP contribution in [0.4, 0.5) is 4.79 Å². The third-order valence-electron chi connectivity index (χ3n) is 3.78. The standard InChI is InChI=1S/C15H24N2O3/c1-3-11-17(12-4-2)14(20)16-15(13(18)19)9-7-5-6-8-10-15/h1H,4-12H2,2H3,(H,16,20)(H,18,19). The molecule has 2 N–H and O–H groups in total. The van der Waals surface area contributed by atoms with Crippen LogP contribution in [0, 0.1) is 12.3 Å². The zero-order valence-corrected chi connectivity index (χ0v) is 12.2. The van der Waals surface area contributed by atoms with Crippen molar-refractivity contribution >= 4 is 12.0 Å². The molecule has 0 aromatic rings. The van der Waals surface area contributed by atoms with Gasteiger partial charge in [0.15, 0.2) is 0 Å². The second kappa shape index (κ2) is 7.78. The zero-order chi connectivity index (χ0) is 15.0. The number of carboxylic acids is 1. The Balaban J connectivity index is 2.80.